The summed E-state index contributed by atoms with van der Waals surface area (Å²) in [6, 6.07) is 0. The van der Waals surface area contributed by atoms with Crippen LogP contribution in [0, 0.1) is 0 Å². The van der Waals surface area contributed by atoms with Crippen LogP contribution < -0.4 is 5.32 Å². The molecular weight excluding hydrogens is 332 g/mol. The van der Waals surface area contributed by atoms with Crippen molar-refractivity contribution >= 4 is 5.96 Å². The molecule has 2 aliphatic rings. The molecule has 0 radical (unpaired) electrons. The minimum absolute atomic E-state index is 0.313. The number of hydrogen-bond donors (Lipinski definition) is 1. The van der Waals surface area contributed by atoms with Crippen molar-refractivity contribution in [1.29, 1.82) is 0 Å². The van der Waals surface area contributed by atoms with E-state index < -0.39 is 0 Å². The minimum Gasteiger partial charge on any atom is -0.376 e. The summed E-state index contributed by atoms with van der Waals surface area (Å²) in [5.41, 5.74) is 0. The quantitative estimate of drug-likeness (QED) is 0.576. The van der Waals surface area contributed by atoms with Gasteiger partial charge in [0.2, 0.25) is 0 Å². The number of piperidine rings is 1. The average molecular weight is 364 g/mol. The highest BCUT2D eigenvalue weighted by Gasteiger charge is 2.24. The van der Waals surface area contributed by atoms with Crippen molar-refractivity contribution in [3.05, 3.63) is 12.2 Å². The molecule has 1 atom stereocenters. The standard InChI is InChI=1S/C18H32N6O2/c1-3-17-22-21-14-24(17)11-8-20-18(19-2)23-9-6-15(7-10-23)26-13-16-5-4-12-25-16/h14-16H,3-13H2,1-2H3,(H,19,20). The van der Waals surface area contributed by atoms with Crippen molar-refractivity contribution in [2.24, 2.45) is 4.99 Å². The summed E-state index contributed by atoms with van der Waals surface area (Å²) in [6.07, 6.45) is 7.74. The second-order valence-corrected chi connectivity index (χ2v) is 6.92. The summed E-state index contributed by atoms with van der Waals surface area (Å²) in [5, 5.41) is 11.6. The zero-order chi connectivity index (χ0) is 18.2. The smallest absolute Gasteiger partial charge is 0.193 e. The summed E-state index contributed by atoms with van der Waals surface area (Å²) in [4.78, 5) is 6.76. The number of aromatic nitrogens is 3. The van der Waals surface area contributed by atoms with E-state index in [-0.39, 0.29) is 0 Å². The number of aliphatic imine (C=N–C) groups is 1. The Morgan fingerprint density at radius 1 is 1.38 bits per heavy atom. The van der Waals surface area contributed by atoms with Gasteiger partial charge in [0, 0.05) is 46.3 Å². The monoisotopic (exact) mass is 364 g/mol. The van der Waals surface area contributed by atoms with Gasteiger partial charge in [-0.1, -0.05) is 6.92 Å². The number of aryl methyl sites for hydroxylation is 1. The van der Waals surface area contributed by atoms with Crippen molar-refractivity contribution in [2.45, 2.75) is 57.8 Å². The Kier molecular flexibility index (Phi) is 7.25. The van der Waals surface area contributed by atoms with Crippen LogP contribution in [0.3, 0.4) is 0 Å². The molecule has 2 fully saturated rings. The number of likely N-dealkylation sites (tertiary alicyclic amines) is 1. The van der Waals surface area contributed by atoms with E-state index in [1.165, 1.54) is 6.42 Å². The third kappa shape index (κ3) is 5.17. The molecule has 8 nitrogen and oxygen atoms in total. The van der Waals surface area contributed by atoms with Gasteiger partial charge in [-0.3, -0.25) is 4.99 Å². The van der Waals surface area contributed by atoms with Crippen molar-refractivity contribution in [1.82, 2.24) is 25.0 Å². The number of guanidine groups is 1. The first-order chi connectivity index (χ1) is 12.8. The van der Waals surface area contributed by atoms with E-state index in [0.717, 1.165) is 76.9 Å². The highest BCUT2D eigenvalue weighted by molar-refractivity contribution is 5.79. The molecule has 3 heterocycles. The lowest BCUT2D eigenvalue weighted by atomic mass is 10.1. The van der Waals surface area contributed by atoms with Gasteiger partial charge >= 0.3 is 0 Å². The van der Waals surface area contributed by atoms with Crippen LogP contribution in [0.4, 0.5) is 0 Å². The summed E-state index contributed by atoms with van der Waals surface area (Å²) in [7, 11) is 1.85. The Morgan fingerprint density at radius 3 is 2.92 bits per heavy atom. The van der Waals surface area contributed by atoms with Gasteiger partial charge in [-0.15, -0.1) is 10.2 Å². The Morgan fingerprint density at radius 2 is 2.23 bits per heavy atom. The van der Waals surface area contributed by atoms with Crippen molar-refractivity contribution < 1.29 is 9.47 Å². The molecule has 0 saturated carbocycles. The summed E-state index contributed by atoms with van der Waals surface area (Å²) in [6.45, 7) is 7.34. The lowest BCUT2D eigenvalue weighted by Gasteiger charge is -2.34. The fraction of sp³-hybridized carbons (Fsp3) is 0.833. The van der Waals surface area contributed by atoms with E-state index in [4.69, 9.17) is 9.47 Å². The first-order valence-corrected chi connectivity index (χ1v) is 9.85. The maximum absolute atomic E-state index is 6.06. The van der Waals surface area contributed by atoms with E-state index in [1.54, 1.807) is 6.33 Å². The van der Waals surface area contributed by atoms with Gasteiger partial charge in [-0.05, 0) is 25.7 Å². The molecule has 0 amide bonds. The Balaban J connectivity index is 1.36. The predicted octanol–water partition coefficient (Wildman–Crippen LogP) is 1.08. The molecule has 26 heavy (non-hydrogen) atoms. The molecule has 1 aromatic rings. The Bertz CT molecular complexity index is 562. The van der Waals surface area contributed by atoms with Crippen LogP contribution in [0.25, 0.3) is 0 Å². The van der Waals surface area contributed by atoms with E-state index in [1.807, 2.05) is 7.05 Å². The summed E-state index contributed by atoms with van der Waals surface area (Å²) < 4.78 is 13.8. The molecule has 0 aromatic carbocycles. The molecule has 1 unspecified atom stereocenters. The molecule has 1 N–H and O–H groups in total. The molecule has 0 spiro atoms. The fourth-order valence-corrected chi connectivity index (χ4v) is 3.61. The van der Waals surface area contributed by atoms with Crippen LogP contribution in [-0.4, -0.2) is 77.7 Å². The largest absolute Gasteiger partial charge is 0.376 e. The highest BCUT2D eigenvalue weighted by Crippen LogP contribution is 2.17. The molecule has 3 rings (SSSR count). The van der Waals surface area contributed by atoms with Crippen LogP contribution in [0.5, 0.6) is 0 Å². The predicted molar refractivity (Wildman–Crippen MR) is 100 cm³/mol. The van der Waals surface area contributed by atoms with Gasteiger partial charge in [0.25, 0.3) is 0 Å². The third-order valence-electron chi connectivity index (χ3n) is 5.14. The summed E-state index contributed by atoms with van der Waals surface area (Å²) in [5.74, 6) is 1.99. The van der Waals surface area contributed by atoms with E-state index >= 15 is 0 Å². The van der Waals surface area contributed by atoms with Crippen molar-refractivity contribution in [2.75, 3.05) is 39.9 Å². The highest BCUT2D eigenvalue weighted by atomic mass is 16.5. The number of hydrogen-bond acceptors (Lipinski definition) is 5. The van der Waals surface area contributed by atoms with Crippen LogP contribution >= 0.6 is 0 Å². The van der Waals surface area contributed by atoms with Gasteiger partial charge in [0.05, 0.1) is 18.8 Å². The van der Waals surface area contributed by atoms with E-state index in [2.05, 4.69) is 36.9 Å². The molecule has 0 aliphatic carbocycles. The third-order valence-corrected chi connectivity index (χ3v) is 5.14. The topological polar surface area (TPSA) is 76.8 Å². The van der Waals surface area contributed by atoms with E-state index in [9.17, 15) is 0 Å². The maximum Gasteiger partial charge on any atom is 0.193 e. The first kappa shape index (κ1) is 19.1. The van der Waals surface area contributed by atoms with Crippen LogP contribution in [0.1, 0.15) is 38.4 Å². The van der Waals surface area contributed by atoms with Crippen molar-refractivity contribution in [3.63, 3.8) is 0 Å². The zero-order valence-electron chi connectivity index (χ0n) is 16.1. The van der Waals surface area contributed by atoms with Crippen LogP contribution in [-0.2, 0) is 22.4 Å². The SMILES string of the molecule is CCc1nncn1CCNC(=NC)N1CCC(OCC2CCCO2)CC1. The number of nitrogens with zero attached hydrogens (tertiary/aromatic N) is 5. The van der Waals surface area contributed by atoms with Gasteiger partial charge in [-0.25, -0.2) is 0 Å². The molecule has 2 aliphatic heterocycles. The zero-order valence-corrected chi connectivity index (χ0v) is 16.1. The molecule has 2 saturated heterocycles. The minimum atomic E-state index is 0.313. The average Bonchev–Trinajstić information content (AvgIpc) is 3.35. The normalized spacial score (nSPS) is 22.2. The summed E-state index contributed by atoms with van der Waals surface area (Å²) >= 11 is 0. The van der Waals surface area contributed by atoms with Crippen LogP contribution in [0.15, 0.2) is 11.3 Å². The van der Waals surface area contributed by atoms with Gasteiger partial charge in [0.15, 0.2) is 5.96 Å². The molecule has 0 bridgehead atoms. The Hall–Kier alpha value is -1.67. The second-order valence-electron chi connectivity index (χ2n) is 6.92. The number of ether oxygens (including phenoxy) is 2. The molecule has 1 aromatic heterocycles. The molecule has 8 heteroatoms. The van der Waals surface area contributed by atoms with Crippen molar-refractivity contribution in [3.8, 4) is 0 Å². The molecule has 146 valence electrons. The number of rotatable bonds is 7. The maximum atomic E-state index is 6.06. The lowest BCUT2D eigenvalue weighted by molar-refractivity contribution is -0.0367. The van der Waals surface area contributed by atoms with Crippen LogP contribution in [0.2, 0.25) is 0 Å². The van der Waals surface area contributed by atoms with Gasteiger partial charge in [0.1, 0.15) is 12.2 Å². The first-order valence-electron chi connectivity index (χ1n) is 9.85. The second kappa shape index (κ2) is 9.87. The fourth-order valence-electron chi connectivity index (χ4n) is 3.61. The Labute approximate surface area is 156 Å². The molecular formula is C18H32N6O2. The van der Waals surface area contributed by atoms with Gasteiger partial charge in [-0.2, -0.15) is 0 Å². The number of nitrogens with one attached hydrogen (secondary N) is 1. The lowest BCUT2D eigenvalue weighted by Crippen LogP contribution is -2.47. The van der Waals surface area contributed by atoms with E-state index in [0.29, 0.717) is 12.2 Å². The van der Waals surface area contributed by atoms with Gasteiger partial charge < -0.3 is 24.3 Å².